The number of amides is 1. The summed E-state index contributed by atoms with van der Waals surface area (Å²) in [5.41, 5.74) is 1.37. The number of benzene rings is 1. The molecule has 1 aromatic rings. The van der Waals surface area contributed by atoms with Crippen molar-refractivity contribution < 1.29 is 4.79 Å². The van der Waals surface area contributed by atoms with Crippen LogP contribution in [-0.2, 0) is 11.2 Å². The molecule has 4 nitrogen and oxygen atoms in total. The second kappa shape index (κ2) is 10.1. The van der Waals surface area contributed by atoms with Crippen molar-refractivity contribution in [2.24, 2.45) is 0 Å². The first-order chi connectivity index (χ1) is 12.7. The lowest BCUT2D eigenvalue weighted by Gasteiger charge is -2.41. The van der Waals surface area contributed by atoms with E-state index in [1.807, 2.05) is 0 Å². The molecule has 26 heavy (non-hydrogen) atoms. The number of hydrogen-bond donors (Lipinski definition) is 1. The van der Waals surface area contributed by atoms with Gasteiger partial charge in [0.1, 0.15) is 0 Å². The van der Waals surface area contributed by atoms with E-state index in [0.717, 1.165) is 38.3 Å². The van der Waals surface area contributed by atoms with Crippen LogP contribution in [0.1, 0.15) is 50.5 Å². The van der Waals surface area contributed by atoms with E-state index in [1.165, 1.54) is 44.5 Å². The van der Waals surface area contributed by atoms with Crippen LogP contribution in [0.5, 0.6) is 0 Å². The van der Waals surface area contributed by atoms with E-state index in [9.17, 15) is 4.79 Å². The van der Waals surface area contributed by atoms with Crippen molar-refractivity contribution in [3.8, 4) is 0 Å². The summed E-state index contributed by atoms with van der Waals surface area (Å²) in [6, 6.07) is 11.6. The van der Waals surface area contributed by atoms with Gasteiger partial charge in [0.15, 0.2) is 0 Å². The molecule has 0 radical (unpaired) electrons. The van der Waals surface area contributed by atoms with Crippen LogP contribution in [0.2, 0.25) is 0 Å². The van der Waals surface area contributed by atoms with Crippen LogP contribution in [0.25, 0.3) is 0 Å². The number of carbonyl (C=O) groups is 1. The molecule has 2 aliphatic rings. The van der Waals surface area contributed by atoms with E-state index in [2.05, 4.69) is 52.5 Å². The standard InChI is InChI=1S/C22H35N3O/c1-24-16-13-21(14-17-24)25-15-7-11-20(18-25)23-22(26)12-6-5-10-19-8-3-2-4-9-19/h2-4,8-9,20-21H,5-7,10-18H2,1H3,(H,23,26)/t20-/m0/s1. The average molecular weight is 358 g/mol. The van der Waals surface area contributed by atoms with Crippen LogP contribution >= 0.6 is 0 Å². The molecule has 2 heterocycles. The first-order valence-corrected chi connectivity index (χ1v) is 10.5. The van der Waals surface area contributed by atoms with Crippen molar-refractivity contribution in [1.82, 2.24) is 15.1 Å². The zero-order valence-corrected chi connectivity index (χ0v) is 16.3. The zero-order valence-electron chi connectivity index (χ0n) is 16.3. The van der Waals surface area contributed by atoms with Crippen molar-refractivity contribution in [3.63, 3.8) is 0 Å². The van der Waals surface area contributed by atoms with E-state index >= 15 is 0 Å². The highest BCUT2D eigenvalue weighted by Gasteiger charge is 2.28. The molecule has 1 amide bonds. The molecule has 1 N–H and O–H groups in total. The molecule has 2 fully saturated rings. The van der Waals surface area contributed by atoms with Gasteiger partial charge in [0.2, 0.25) is 5.91 Å². The minimum absolute atomic E-state index is 0.244. The molecule has 1 aromatic carbocycles. The molecular weight excluding hydrogens is 322 g/mol. The highest BCUT2D eigenvalue weighted by atomic mass is 16.1. The number of aryl methyl sites for hydroxylation is 1. The molecule has 0 aliphatic carbocycles. The Morgan fingerprint density at radius 3 is 2.62 bits per heavy atom. The van der Waals surface area contributed by atoms with Crippen molar-refractivity contribution in [2.75, 3.05) is 33.2 Å². The van der Waals surface area contributed by atoms with Gasteiger partial charge < -0.3 is 10.2 Å². The maximum absolute atomic E-state index is 12.3. The second-order valence-electron chi connectivity index (χ2n) is 8.13. The minimum Gasteiger partial charge on any atom is -0.352 e. The molecule has 2 saturated heterocycles. The smallest absolute Gasteiger partial charge is 0.220 e. The lowest BCUT2D eigenvalue weighted by Crippen LogP contribution is -2.53. The van der Waals surface area contributed by atoms with Crippen LogP contribution in [0.3, 0.4) is 0 Å². The zero-order chi connectivity index (χ0) is 18.2. The maximum atomic E-state index is 12.3. The van der Waals surface area contributed by atoms with Gasteiger partial charge in [0.05, 0.1) is 0 Å². The summed E-state index contributed by atoms with van der Waals surface area (Å²) >= 11 is 0. The maximum Gasteiger partial charge on any atom is 0.220 e. The summed E-state index contributed by atoms with van der Waals surface area (Å²) in [5, 5.41) is 3.30. The summed E-state index contributed by atoms with van der Waals surface area (Å²) in [4.78, 5) is 17.4. The molecule has 3 rings (SSSR count). The third kappa shape index (κ3) is 6.10. The van der Waals surface area contributed by atoms with E-state index in [4.69, 9.17) is 0 Å². The monoisotopic (exact) mass is 357 g/mol. The van der Waals surface area contributed by atoms with Crippen molar-refractivity contribution >= 4 is 5.91 Å². The van der Waals surface area contributed by atoms with Gasteiger partial charge in [-0.05, 0) is 77.2 Å². The van der Waals surface area contributed by atoms with Crippen LogP contribution in [0, 0.1) is 0 Å². The molecule has 0 unspecified atom stereocenters. The van der Waals surface area contributed by atoms with Gasteiger partial charge >= 0.3 is 0 Å². The third-order valence-corrected chi connectivity index (χ3v) is 5.98. The lowest BCUT2D eigenvalue weighted by molar-refractivity contribution is -0.122. The molecule has 2 aliphatic heterocycles. The number of carbonyl (C=O) groups excluding carboxylic acids is 1. The van der Waals surface area contributed by atoms with E-state index in [1.54, 1.807) is 0 Å². The lowest BCUT2D eigenvalue weighted by atomic mass is 9.98. The largest absolute Gasteiger partial charge is 0.352 e. The first-order valence-electron chi connectivity index (χ1n) is 10.5. The number of rotatable bonds is 7. The molecule has 0 spiro atoms. The fourth-order valence-electron chi connectivity index (χ4n) is 4.38. The Kier molecular flexibility index (Phi) is 7.51. The Balaban J connectivity index is 1.33. The van der Waals surface area contributed by atoms with Crippen LogP contribution in [-0.4, -0.2) is 61.0 Å². The normalized spacial score (nSPS) is 23.0. The van der Waals surface area contributed by atoms with Crippen molar-refractivity contribution in [2.45, 2.75) is 63.5 Å². The minimum atomic E-state index is 0.244. The highest BCUT2D eigenvalue weighted by Crippen LogP contribution is 2.20. The van der Waals surface area contributed by atoms with Crippen LogP contribution in [0.4, 0.5) is 0 Å². The topological polar surface area (TPSA) is 35.6 Å². The molecule has 1 atom stereocenters. The van der Waals surface area contributed by atoms with Gasteiger partial charge in [0.25, 0.3) is 0 Å². The Hall–Kier alpha value is -1.39. The van der Waals surface area contributed by atoms with Crippen molar-refractivity contribution in [1.29, 1.82) is 0 Å². The quantitative estimate of drug-likeness (QED) is 0.762. The fraction of sp³-hybridized carbons (Fsp3) is 0.682. The Labute approximate surface area is 158 Å². The summed E-state index contributed by atoms with van der Waals surface area (Å²) < 4.78 is 0. The van der Waals surface area contributed by atoms with Gasteiger partial charge in [-0.25, -0.2) is 0 Å². The van der Waals surface area contributed by atoms with Gasteiger partial charge in [-0.1, -0.05) is 30.3 Å². The second-order valence-corrected chi connectivity index (χ2v) is 8.13. The van der Waals surface area contributed by atoms with Gasteiger partial charge in [-0.15, -0.1) is 0 Å². The molecule has 0 aromatic heterocycles. The highest BCUT2D eigenvalue weighted by molar-refractivity contribution is 5.76. The SMILES string of the molecule is CN1CCC(N2CCC[C@H](NC(=O)CCCCc3ccccc3)C2)CC1. The average Bonchev–Trinajstić information content (AvgIpc) is 2.67. The van der Waals surface area contributed by atoms with E-state index in [0.29, 0.717) is 12.5 Å². The molecular formula is C22H35N3O. The van der Waals surface area contributed by atoms with Crippen LogP contribution in [0.15, 0.2) is 30.3 Å². The third-order valence-electron chi connectivity index (χ3n) is 5.98. The Morgan fingerprint density at radius 1 is 1.08 bits per heavy atom. The summed E-state index contributed by atoms with van der Waals surface area (Å²) in [7, 11) is 2.22. The number of nitrogens with zero attached hydrogens (tertiary/aromatic N) is 2. The number of unbranched alkanes of at least 4 members (excludes halogenated alkanes) is 1. The van der Waals surface area contributed by atoms with E-state index < -0.39 is 0 Å². The predicted octanol–water partition coefficient (Wildman–Crippen LogP) is 3.07. The van der Waals surface area contributed by atoms with Gasteiger partial charge in [-0.3, -0.25) is 9.69 Å². The summed E-state index contributed by atoms with van der Waals surface area (Å²) in [6.07, 6.45) is 8.70. The number of nitrogens with one attached hydrogen (secondary N) is 1. The van der Waals surface area contributed by atoms with Crippen molar-refractivity contribution in [3.05, 3.63) is 35.9 Å². The predicted molar refractivity (Wildman–Crippen MR) is 107 cm³/mol. The fourth-order valence-corrected chi connectivity index (χ4v) is 4.38. The van der Waals surface area contributed by atoms with E-state index in [-0.39, 0.29) is 5.91 Å². The Morgan fingerprint density at radius 2 is 1.85 bits per heavy atom. The summed E-state index contributed by atoms with van der Waals surface area (Å²) in [5.74, 6) is 0.244. The first kappa shape index (κ1) is 19.4. The van der Waals surface area contributed by atoms with Crippen LogP contribution < -0.4 is 5.32 Å². The van der Waals surface area contributed by atoms with Gasteiger partial charge in [0, 0.05) is 25.0 Å². The number of hydrogen-bond acceptors (Lipinski definition) is 3. The molecule has 0 bridgehead atoms. The molecule has 144 valence electrons. The van der Waals surface area contributed by atoms with Gasteiger partial charge in [-0.2, -0.15) is 0 Å². The molecule has 4 heteroatoms. The Bertz CT molecular complexity index is 540. The number of likely N-dealkylation sites (tertiary alicyclic amines) is 2. The molecule has 0 saturated carbocycles. The number of piperidine rings is 2. The summed E-state index contributed by atoms with van der Waals surface area (Å²) in [6.45, 7) is 4.67.